The zero-order valence-corrected chi connectivity index (χ0v) is 10.4. The van der Waals surface area contributed by atoms with Gasteiger partial charge in [0.05, 0.1) is 13.2 Å². The van der Waals surface area contributed by atoms with Crippen molar-refractivity contribution in [3.05, 3.63) is 23.5 Å². The maximum Gasteiger partial charge on any atom is 0.354 e. The van der Waals surface area contributed by atoms with Gasteiger partial charge in [0.25, 0.3) is 0 Å². The number of nitriles is 1. The molecule has 0 bridgehead atoms. The second-order valence-corrected chi connectivity index (χ2v) is 4.77. The Bertz CT molecular complexity index is 490. The first-order valence-corrected chi connectivity index (χ1v) is 5.77. The van der Waals surface area contributed by atoms with Crippen molar-refractivity contribution in [2.24, 2.45) is 0 Å². The molecule has 0 saturated heterocycles. The van der Waals surface area contributed by atoms with Crippen LogP contribution in [0.25, 0.3) is 0 Å². The van der Waals surface area contributed by atoms with Crippen molar-refractivity contribution in [3.8, 4) is 6.07 Å². The van der Waals surface area contributed by atoms with Crippen molar-refractivity contribution in [1.82, 2.24) is 4.57 Å². The number of carbonyl (C=O) groups excluding carboxylic acids is 1. The Kier molecular flexibility index (Phi) is 2.70. The SMILES string of the molecule is COC(=O)c1ccc(C(C)C)n1C1(C#N)CC1. The molecule has 1 aliphatic rings. The minimum atomic E-state index is -0.521. The van der Waals surface area contributed by atoms with E-state index in [1.165, 1.54) is 7.11 Å². The van der Waals surface area contributed by atoms with Crippen LogP contribution in [0.5, 0.6) is 0 Å². The monoisotopic (exact) mass is 232 g/mol. The van der Waals surface area contributed by atoms with Gasteiger partial charge in [-0.15, -0.1) is 0 Å². The lowest BCUT2D eigenvalue weighted by Crippen LogP contribution is -2.23. The van der Waals surface area contributed by atoms with Crippen LogP contribution in [0.1, 0.15) is 48.8 Å². The second kappa shape index (κ2) is 3.92. The third-order valence-corrected chi connectivity index (χ3v) is 3.26. The first-order chi connectivity index (χ1) is 8.05. The van der Waals surface area contributed by atoms with Crippen LogP contribution in [0, 0.1) is 11.3 Å². The van der Waals surface area contributed by atoms with Gasteiger partial charge in [0.2, 0.25) is 0 Å². The predicted octanol–water partition coefficient (Wildman–Crippen LogP) is 2.41. The molecule has 0 amide bonds. The molecule has 0 aliphatic heterocycles. The summed E-state index contributed by atoms with van der Waals surface area (Å²) in [5, 5.41) is 9.29. The molecule has 0 spiro atoms. The summed E-state index contributed by atoms with van der Waals surface area (Å²) >= 11 is 0. The molecular weight excluding hydrogens is 216 g/mol. The van der Waals surface area contributed by atoms with Crippen LogP contribution in [0.15, 0.2) is 12.1 Å². The van der Waals surface area contributed by atoms with Crippen LogP contribution in [0.2, 0.25) is 0 Å². The van der Waals surface area contributed by atoms with Gasteiger partial charge in [0.15, 0.2) is 0 Å². The molecule has 1 aliphatic carbocycles. The number of nitrogens with zero attached hydrogens (tertiary/aromatic N) is 2. The molecule has 1 aromatic heterocycles. The number of aromatic nitrogens is 1. The van der Waals surface area contributed by atoms with E-state index in [0.29, 0.717) is 5.69 Å². The third-order valence-electron chi connectivity index (χ3n) is 3.26. The number of methoxy groups -OCH3 is 1. The summed E-state index contributed by atoms with van der Waals surface area (Å²) in [5.41, 5.74) is 0.979. The van der Waals surface area contributed by atoms with Crippen LogP contribution < -0.4 is 0 Å². The Morgan fingerprint density at radius 2 is 2.18 bits per heavy atom. The fourth-order valence-corrected chi connectivity index (χ4v) is 2.15. The van der Waals surface area contributed by atoms with E-state index in [-0.39, 0.29) is 11.9 Å². The van der Waals surface area contributed by atoms with E-state index in [0.717, 1.165) is 18.5 Å². The molecule has 1 heterocycles. The van der Waals surface area contributed by atoms with Gasteiger partial charge in [0, 0.05) is 5.69 Å². The number of hydrogen-bond donors (Lipinski definition) is 0. The van der Waals surface area contributed by atoms with E-state index in [1.54, 1.807) is 6.07 Å². The number of hydrogen-bond acceptors (Lipinski definition) is 3. The van der Waals surface area contributed by atoms with E-state index >= 15 is 0 Å². The molecule has 90 valence electrons. The summed E-state index contributed by atoms with van der Waals surface area (Å²) in [6, 6.07) is 5.98. The third kappa shape index (κ3) is 1.72. The Balaban J connectivity index is 2.56. The summed E-state index contributed by atoms with van der Waals surface area (Å²) < 4.78 is 6.63. The van der Waals surface area contributed by atoms with Crippen molar-refractivity contribution in [2.45, 2.75) is 38.1 Å². The second-order valence-electron chi connectivity index (χ2n) is 4.77. The maximum absolute atomic E-state index is 11.7. The number of esters is 1. The smallest absolute Gasteiger partial charge is 0.354 e. The van der Waals surface area contributed by atoms with Gasteiger partial charge in [0.1, 0.15) is 11.2 Å². The zero-order chi connectivity index (χ0) is 12.6. The van der Waals surface area contributed by atoms with E-state index < -0.39 is 5.54 Å². The average molecular weight is 232 g/mol. The highest BCUT2D eigenvalue weighted by Crippen LogP contribution is 2.46. The fraction of sp³-hybridized carbons (Fsp3) is 0.538. The van der Waals surface area contributed by atoms with E-state index in [9.17, 15) is 10.1 Å². The quantitative estimate of drug-likeness (QED) is 0.752. The van der Waals surface area contributed by atoms with Crippen LogP contribution in [0.3, 0.4) is 0 Å². The molecule has 1 aromatic rings. The Labute approximate surface area is 101 Å². The highest BCUT2D eigenvalue weighted by atomic mass is 16.5. The number of carbonyl (C=O) groups is 1. The summed E-state index contributed by atoms with van der Waals surface area (Å²) in [5.74, 6) is -0.0994. The maximum atomic E-state index is 11.7. The van der Waals surface area contributed by atoms with Crippen LogP contribution in [0.4, 0.5) is 0 Å². The van der Waals surface area contributed by atoms with E-state index in [4.69, 9.17) is 4.74 Å². The first kappa shape index (κ1) is 11.7. The average Bonchev–Trinajstić information content (AvgIpc) is 2.98. The Hall–Kier alpha value is -1.76. The molecule has 4 nitrogen and oxygen atoms in total. The van der Waals surface area contributed by atoms with Gasteiger partial charge in [-0.25, -0.2) is 4.79 Å². The van der Waals surface area contributed by atoms with Crippen molar-refractivity contribution in [1.29, 1.82) is 5.26 Å². The topological polar surface area (TPSA) is 55.0 Å². The lowest BCUT2D eigenvalue weighted by molar-refractivity contribution is 0.0586. The summed E-state index contributed by atoms with van der Waals surface area (Å²) in [4.78, 5) is 11.7. The molecular formula is C13H16N2O2. The minimum Gasteiger partial charge on any atom is -0.464 e. The predicted molar refractivity (Wildman–Crippen MR) is 62.7 cm³/mol. The summed E-state index contributed by atoms with van der Waals surface area (Å²) in [7, 11) is 1.36. The summed E-state index contributed by atoms with van der Waals surface area (Å²) in [6.45, 7) is 4.11. The van der Waals surface area contributed by atoms with E-state index in [2.05, 4.69) is 19.9 Å². The minimum absolute atomic E-state index is 0.277. The van der Waals surface area contributed by atoms with Crippen molar-refractivity contribution in [3.63, 3.8) is 0 Å². The van der Waals surface area contributed by atoms with Crippen LogP contribution in [-0.2, 0) is 10.3 Å². The summed E-state index contributed by atoms with van der Waals surface area (Å²) in [6.07, 6.45) is 1.61. The molecule has 17 heavy (non-hydrogen) atoms. The standard InChI is InChI=1S/C13H16N2O2/c1-9(2)10-4-5-11(12(16)17-3)15(10)13(8-14)6-7-13/h4-5,9H,6-7H2,1-3H3. The molecule has 2 rings (SSSR count). The van der Waals surface area contributed by atoms with Gasteiger partial charge in [-0.05, 0) is 30.9 Å². The van der Waals surface area contributed by atoms with E-state index in [1.807, 2.05) is 10.6 Å². The van der Waals surface area contributed by atoms with Crippen molar-refractivity contribution >= 4 is 5.97 Å². The van der Waals surface area contributed by atoms with Crippen molar-refractivity contribution in [2.75, 3.05) is 7.11 Å². The zero-order valence-electron chi connectivity index (χ0n) is 10.4. The van der Waals surface area contributed by atoms with Gasteiger partial charge in [-0.1, -0.05) is 13.8 Å². The lowest BCUT2D eigenvalue weighted by Gasteiger charge is -2.18. The molecule has 4 heteroatoms. The fourth-order valence-electron chi connectivity index (χ4n) is 2.15. The molecule has 0 N–H and O–H groups in total. The number of rotatable bonds is 3. The normalized spacial score (nSPS) is 16.6. The highest BCUT2D eigenvalue weighted by molar-refractivity contribution is 5.88. The Morgan fingerprint density at radius 3 is 2.59 bits per heavy atom. The Morgan fingerprint density at radius 1 is 1.53 bits per heavy atom. The highest BCUT2D eigenvalue weighted by Gasteiger charge is 2.48. The van der Waals surface area contributed by atoms with Crippen molar-refractivity contribution < 1.29 is 9.53 Å². The molecule has 1 fully saturated rings. The molecule has 0 aromatic carbocycles. The van der Waals surface area contributed by atoms with Gasteiger partial charge < -0.3 is 9.30 Å². The van der Waals surface area contributed by atoms with Crippen LogP contribution >= 0.6 is 0 Å². The number of ether oxygens (including phenoxy) is 1. The van der Waals surface area contributed by atoms with Gasteiger partial charge in [-0.2, -0.15) is 5.26 Å². The molecule has 1 saturated carbocycles. The van der Waals surface area contributed by atoms with Gasteiger partial charge in [-0.3, -0.25) is 0 Å². The lowest BCUT2D eigenvalue weighted by atomic mass is 10.1. The first-order valence-electron chi connectivity index (χ1n) is 5.77. The molecule has 0 radical (unpaired) electrons. The molecule has 0 unspecified atom stereocenters. The van der Waals surface area contributed by atoms with Gasteiger partial charge >= 0.3 is 5.97 Å². The van der Waals surface area contributed by atoms with Crippen LogP contribution in [-0.4, -0.2) is 17.6 Å². The largest absolute Gasteiger partial charge is 0.464 e. The molecule has 0 atom stereocenters.